The molecule has 0 spiro atoms. The molecule has 1 fully saturated rings. The van der Waals surface area contributed by atoms with Gasteiger partial charge >= 0.3 is 0 Å². The second-order valence-electron chi connectivity index (χ2n) is 6.59. The van der Waals surface area contributed by atoms with Crippen molar-refractivity contribution in [3.8, 4) is 0 Å². The van der Waals surface area contributed by atoms with Crippen LogP contribution in [0.25, 0.3) is 0 Å². The molecule has 0 bridgehead atoms. The summed E-state index contributed by atoms with van der Waals surface area (Å²) in [6, 6.07) is 12.4. The van der Waals surface area contributed by atoms with Crippen molar-refractivity contribution in [1.82, 2.24) is 10.2 Å². The first kappa shape index (κ1) is 18.1. The molecule has 0 radical (unpaired) electrons. The summed E-state index contributed by atoms with van der Waals surface area (Å²) in [7, 11) is 1.87. The van der Waals surface area contributed by atoms with Crippen LogP contribution in [-0.2, 0) is 0 Å². The van der Waals surface area contributed by atoms with E-state index in [1.54, 1.807) is 6.07 Å². The molecule has 132 valence electrons. The summed E-state index contributed by atoms with van der Waals surface area (Å²) >= 11 is 3.40. The SMILES string of the molecule is Cc1cc(F)ccc1[C@@H]1CNCC[C@H]1N(C)C(=O)c1ccc(Br)cc1. The number of nitrogens with one attached hydrogen (secondary N) is 1. The van der Waals surface area contributed by atoms with Crippen LogP contribution in [0.5, 0.6) is 0 Å². The van der Waals surface area contributed by atoms with E-state index in [-0.39, 0.29) is 23.7 Å². The Hall–Kier alpha value is -1.72. The number of halogens is 2. The van der Waals surface area contributed by atoms with E-state index in [4.69, 9.17) is 0 Å². The first-order valence-electron chi connectivity index (χ1n) is 8.47. The van der Waals surface area contributed by atoms with Crippen molar-refractivity contribution < 1.29 is 9.18 Å². The van der Waals surface area contributed by atoms with Gasteiger partial charge in [-0.15, -0.1) is 0 Å². The van der Waals surface area contributed by atoms with Gasteiger partial charge in [0, 0.05) is 35.6 Å². The lowest BCUT2D eigenvalue weighted by Crippen LogP contribution is -2.49. The van der Waals surface area contributed by atoms with Gasteiger partial charge in [0.15, 0.2) is 0 Å². The number of amides is 1. The van der Waals surface area contributed by atoms with Crippen LogP contribution in [0.2, 0.25) is 0 Å². The van der Waals surface area contributed by atoms with E-state index in [0.29, 0.717) is 5.56 Å². The number of aryl methyl sites for hydroxylation is 1. The van der Waals surface area contributed by atoms with Crippen LogP contribution in [0.1, 0.15) is 33.8 Å². The first-order chi connectivity index (χ1) is 12.0. The maximum Gasteiger partial charge on any atom is 0.253 e. The summed E-state index contributed by atoms with van der Waals surface area (Å²) in [6.45, 7) is 3.59. The number of carbonyl (C=O) groups is 1. The lowest BCUT2D eigenvalue weighted by atomic mass is 9.83. The van der Waals surface area contributed by atoms with Crippen LogP contribution >= 0.6 is 15.9 Å². The molecule has 0 unspecified atom stereocenters. The third-order valence-corrected chi connectivity index (χ3v) is 5.51. The van der Waals surface area contributed by atoms with Crippen LogP contribution in [0, 0.1) is 12.7 Å². The first-order valence-corrected chi connectivity index (χ1v) is 9.26. The minimum Gasteiger partial charge on any atom is -0.338 e. The van der Waals surface area contributed by atoms with Gasteiger partial charge in [-0.25, -0.2) is 4.39 Å². The van der Waals surface area contributed by atoms with Crippen molar-refractivity contribution in [3.63, 3.8) is 0 Å². The molecule has 1 amide bonds. The van der Waals surface area contributed by atoms with Crippen molar-refractivity contribution in [2.24, 2.45) is 0 Å². The molecule has 3 rings (SSSR count). The highest BCUT2D eigenvalue weighted by atomic mass is 79.9. The second-order valence-corrected chi connectivity index (χ2v) is 7.51. The highest BCUT2D eigenvalue weighted by Gasteiger charge is 2.33. The maximum atomic E-state index is 13.5. The van der Waals surface area contributed by atoms with E-state index in [1.165, 1.54) is 6.07 Å². The molecule has 1 heterocycles. The van der Waals surface area contributed by atoms with Gasteiger partial charge in [-0.1, -0.05) is 22.0 Å². The van der Waals surface area contributed by atoms with Crippen LogP contribution in [0.3, 0.4) is 0 Å². The molecule has 3 nitrogen and oxygen atoms in total. The Kier molecular flexibility index (Phi) is 5.54. The molecule has 1 N–H and O–H groups in total. The Balaban J connectivity index is 1.87. The van der Waals surface area contributed by atoms with Crippen LogP contribution in [0.4, 0.5) is 4.39 Å². The summed E-state index contributed by atoms with van der Waals surface area (Å²) in [5.74, 6) is -0.0521. The fraction of sp³-hybridized carbons (Fsp3) is 0.350. The third kappa shape index (κ3) is 3.93. The predicted octanol–water partition coefficient (Wildman–Crippen LogP) is 4.11. The minimum absolute atomic E-state index is 0.0177. The van der Waals surface area contributed by atoms with E-state index in [0.717, 1.165) is 35.1 Å². The van der Waals surface area contributed by atoms with Gasteiger partial charge in [0.05, 0.1) is 0 Å². The lowest BCUT2D eigenvalue weighted by molar-refractivity contribution is 0.0678. The number of benzene rings is 2. The van der Waals surface area contributed by atoms with Crippen molar-refractivity contribution in [2.45, 2.75) is 25.3 Å². The van der Waals surface area contributed by atoms with Gasteiger partial charge in [-0.2, -0.15) is 0 Å². The fourth-order valence-corrected chi connectivity index (χ4v) is 3.89. The quantitative estimate of drug-likeness (QED) is 0.834. The van der Waals surface area contributed by atoms with Crippen molar-refractivity contribution in [2.75, 3.05) is 20.1 Å². The van der Waals surface area contributed by atoms with Gasteiger partial charge in [-0.3, -0.25) is 4.79 Å². The monoisotopic (exact) mass is 404 g/mol. The van der Waals surface area contributed by atoms with Gasteiger partial charge in [0.25, 0.3) is 5.91 Å². The highest BCUT2D eigenvalue weighted by molar-refractivity contribution is 9.10. The molecule has 2 aromatic rings. The Morgan fingerprint density at radius 2 is 1.96 bits per heavy atom. The number of piperidine rings is 1. The number of hydrogen-bond donors (Lipinski definition) is 1. The molecule has 1 aliphatic rings. The van der Waals surface area contributed by atoms with Crippen molar-refractivity contribution >= 4 is 21.8 Å². The average Bonchev–Trinajstić information content (AvgIpc) is 2.61. The van der Waals surface area contributed by atoms with Crippen LogP contribution in [-0.4, -0.2) is 37.0 Å². The number of hydrogen-bond acceptors (Lipinski definition) is 2. The molecule has 2 atom stereocenters. The number of rotatable bonds is 3. The van der Waals surface area contributed by atoms with Crippen LogP contribution < -0.4 is 5.32 Å². The second kappa shape index (κ2) is 7.67. The molecule has 25 heavy (non-hydrogen) atoms. The Bertz CT molecular complexity index is 763. The lowest BCUT2D eigenvalue weighted by Gasteiger charge is -2.39. The molecule has 2 aromatic carbocycles. The fourth-order valence-electron chi connectivity index (χ4n) is 3.63. The van der Waals surface area contributed by atoms with E-state index in [9.17, 15) is 9.18 Å². The van der Waals surface area contributed by atoms with Crippen molar-refractivity contribution in [1.29, 1.82) is 0 Å². The molecular formula is C20H22BrFN2O. The zero-order valence-electron chi connectivity index (χ0n) is 14.4. The molecule has 0 aliphatic carbocycles. The summed E-state index contributed by atoms with van der Waals surface area (Å²) in [4.78, 5) is 14.7. The highest BCUT2D eigenvalue weighted by Crippen LogP contribution is 2.30. The number of likely N-dealkylation sites (N-methyl/N-ethyl adjacent to an activating group) is 1. The molecule has 0 saturated carbocycles. The Morgan fingerprint density at radius 3 is 2.64 bits per heavy atom. The van der Waals surface area contributed by atoms with Gasteiger partial charge in [0.1, 0.15) is 5.82 Å². The maximum absolute atomic E-state index is 13.5. The van der Waals surface area contributed by atoms with Gasteiger partial charge in [0.2, 0.25) is 0 Å². The zero-order valence-corrected chi connectivity index (χ0v) is 16.0. The van der Waals surface area contributed by atoms with Crippen LogP contribution in [0.15, 0.2) is 46.9 Å². The van der Waals surface area contributed by atoms with E-state index in [1.807, 2.05) is 49.2 Å². The summed E-state index contributed by atoms with van der Waals surface area (Å²) < 4.78 is 14.4. The number of carbonyl (C=O) groups excluding carboxylic acids is 1. The smallest absolute Gasteiger partial charge is 0.253 e. The van der Waals surface area contributed by atoms with Gasteiger partial charge < -0.3 is 10.2 Å². The number of nitrogens with zero attached hydrogens (tertiary/aromatic N) is 1. The third-order valence-electron chi connectivity index (χ3n) is 4.99. The molecule has 1 saturated heterocycles. The zero-order chi connectivity index (χ0) is 18.0. The van der Waals surface area contributed by atoms with E-state index < -0.39 is 0 Å². The molecule has 5 heteroatoms. The molecule has 0 aromatic heterocycles. The minimum atomic E-state index is -0.221. The summed E-state index contributed by atoms with van der Waals surface area (Å²) in [5.41, 5.74) is 2.72. The standard InChI is InChI=1S/C20H22BrFN2O/c1-13-11-16(22)7-8-17(13)18-12-23-10-9-19(18)24(2)20(25)14-3-5-15(21)6-4-14/h3-8,11,18-19,23H,9-10,12H2,1-2H3/t18-,19+/m0/s1. The van der Waals surface area contributed by atoms with E-state index in [2.05, 4.69) is 21.2 Å². The van der Waals surface area contributed by atoms with Crippen molar-refractivity contribution in [3.05, 3.63) is 69.4 Å². The van der Waals surface area contributed by atoms with Gasteiger partial charge in [-0.05, 0) is 67.4 Å². The summed E-state index contributed by atoms with van der Waals surface area (Å²) in [6.07, 6.45) is 0.875. The Labute approximate surface area is 156 Å². The molecule has 1 aliphatic heterocycles. The predicted molar refractivity (Wildman–Crippen MR) is 101 cm³/mol. The Morgan fingerprint density at radius 1 is 1.24 bits per heavy atom. The largest absolute Gasteiger partial charge is 0.338 e. The van der Waals surface area contributed by atoms with E-state index >= 15 is 0 Å². The average molecular weight is 405 g/mol. The normalized spacial score (nSPS) is 20.3. The topological polar surface area (TPSA) is 32.3 Å². The molecular weight excluding hydrogens is 383 g/mol. The summed E-state index contributed by atoms with van der Waals surface area (Å²) in [5, 5.41) is 3.41.